The zero-order valence-corrected chi connectivity index (χ0v) is 10.7. The molecule has 0 unspecified atom stereocenters. The fraction of sp³-hybridized carbons (Fsp3) is 0.143. The average molecular weight is 269 g/mol. The standard InChI is InChI=1S/C14H11N3O3/c1-17-13(18)6-5-12(16-17)14(19)20-9-11-4-2-3-10(7-11)8-15/h2-7H,9H2,1H3. The number of nitrogens with zero attached hydrogens (tertiary/aromatic N) is 3. The molecule has 0 saturated heterocycles. The highest BCUT2D eigenvalue weighted by Gasteiger charge is 2.10. The van der Waals surface area contributed by atoms with Crippen LogP contribution in [0.25, 0.3) is 0 Å². The van der Waals surface area contributed by atoms with Crippen LogP contribution in [0.2, 0.25) is 0 Å². The Morgan fingerprint density at radius 2 is 2.20 bits per heavy atom. The van der Waals surface area contributed by atoms with Gasteiger partial charge in [0.25, 0.3) is 5.56 Å². The molecule has 0 amide bonds. The van der Waals surface area contributed by atoms with Crippen LogP contribution in [-0.2, 0) is 18.4 Å². The molecule has 0 fully saturated rings. The summed E-state index contributed by atoms with van der Waals surface area (Å²) in [6, 6.07) is 11.3. The third-order valence-electron chi connectivity index (χ3n) is 2.60. The Morgan fingerprint density at radius 3 is 2.90 bits per heavy atom. The Hall–Kier alpha value is -2.94. The molecule has 100 valence electrons. The van der Waals surface area contributed by atoms with Crippen molar-refractivity contribution in [3.8, 4) is 6.07 Å². The zero-order valence-electron chi connectivity index (χ0n) is 10.7. The molecular formula is C14H11N3O3. The lowest BCUT2D eigenvalue weighted by atomic mass is 10.1. The summed E-state index contributed by atoms with van der Waals surface area (Å²) in [5.74, 6) is -0.622. The minimum Gasteiger partial charge on any atom is -0.456 e. The first-order valence-electron chi connectivity index (χ1n) is 5.80. The summed E-state index contributed by atoms with van der Waals surface area (Å²) in [5.41, 5.74) is 0.966. The fourth-order valence-corrected chi connectivity index (χ4v) is 1.56. The van der Waals surface area contributed by atoms with Crippen molar-refractivity contribution in [3.63, 3.8) is 0 Å². The second-order valence-electron chi connectivity index (χ2n) is 4.07. The van der Waals surface area contributed by atoms with Gasteiger partial charge in [0, 0.05) is 13.1 Å². The van der Waals surface area contributed by atoms with E-state index in [0.717, 1.165) is 4.68 Å². The molecule has 2 aromatic rings. The molecule has 0 aliphatic heterocycles. The van der Waals surface area contributed by atoms with Crippen molar-refractivity contribution in [2.24, 2.45) is 7.05 Å². The van der Waals surface area contributed by atoms with Crippen LogP contribution < -0.4 is 5.56 Å². The van der Waals surface area contributed by atoms with Gasteiger partial charge < -0.3 is 4.74 Å². The van der Waals surface area contributed by atoms with E-state index in [4.69, 9.17) is 10.00 Å². The van der Waals surface area contributed by atoms with Gasteiger partial charge in [-0.1, -0.05) is 12.1 Å². The van der Waals surface area contributed by atoms with Gasteiger partial charge in [-0.15, -0.1) is 0 Å². The monoisotopic (exact) mass is 269 g/mol. The van der Waals surface area contributed by atoms with E-state index in [1.807, 2.05) is 6.07 Å². The molecule has 0 aliphatic carbocycles. The van der Waals surface area contributed by atoms with Gasteiger partial charge in [0.15, 0.2) is 5.69 Å². The van der Waals surface area contributed by atoms with E-state index >= 15 is 0 Å². The van der Waals surface area contributed by atoms with Gasteiger partial charge in [0.05, 0.1) is 11.6 Å². The van der Waals surface area contributed by atoms with E-state index in [1.54, 1.807) is 24.3 Å². The third-order valence-corrected chi connectivity index (χ3v) is 2.60. The van der Waals surface area contributed by atoms with E-state index in [1.165, 1.54) is 19.2 Å². The molecule has 2 rings (SSSR count). The van der Waals surface area contributed by atoms with Crippen LogP contribution in [0, 0.1) is 11.3 Å². The number of rotatable bonds is 3. The van der Waals surface area contributed by atoms with Gasteiger partial charge in [-0.05, 0) is 23.8 Å². The van der Waals surface area contributed by atoms with Gasteiger partial charge in [0.2, 0.25) is 0 Å². The Bertz CT molecular complexity index is 744. The topological polar surface area (TPSA) is 85.0 Å². The van der Waals surface area contributed by atoms with E-state index in [9.17, 15) is 9.59 Å². The molecule has 0 spiro atoms. The number of ether oxygens (including phenoxy) is 1. The van der Waals surface area contributed by atoms with Crippen molar-refractivity contribution < 1.29 is 9.53 Å². The predicted octanol–water partition coefficient (Wildman–Crippen LogP) is 1.01. The number of aryl methyl sites for hydroxylation is 1. The van der Waals surface area contributed by atoms with Crippen molar-refractivity contribution in [2.45, 2.75) is 6.61 Å². The SMILES string of the molecule is Cn1nc(C(=O)OCc2cccc(C#N)c2)ccc1=O. The van der Waals surface area contributed by atoms with E-state index in [-0.39, 0.29) is 17.9 Å². The maximum atomic E-state index is 11.8. The molecule has 6 heteroatoms. The molecule has 1 aromatic heterocycles. The summed E-state index contributed by atoms with van der Waals surface area (Å²) in [6.45, 7) is 0.0405. The summed E-state index contributed by atoms with van der Waals surface area (Å²) in [4.78, 5) is 22.9. The van der Waals surface area contributed by atoms with E-state index < -0.39 is 5.97 Å². The van der Waals surface area contributed by atoms with Crippen LogP contribution in [0.15, 0.2) is 41.2 Å². The summed E-state index contributed by atoms with van der Waals surface area (Å²) in [6.07, 6.45) is 0. The lowest BCUT2D eigenvalue weighted by Gasteiger charge is -2.05. The van der Waals surface area contributed by atoms with Crippen LogP contribution in [0.1, 0.15) is 21.6 Å². The first-order chi connectivity index (χ1) is 9.60. The number of nitriles is 1. The highest BCUT2D eigenvalue weighted by molar-refractivity contribution is 5.86. The van der Waals surface area contributed by atoms with E-state index in [2.05, 4.69) is 5.10 Å². The second-order valence-corrected chi connectivity index (χ2v) is 4.07. The molecule has 0 aliphatic rings. The second kappa shape index (κ2) is 5.80. The number of benzene rings is 1. The molecule has 20 heavy (non-hydrogen) atoms. The number of carbonyl (C=O) groups excluding carboxylic acids is 1. The van der Waals surface area contributed by atoms with Gasteiger partial charge >= 0.3 is 5.97 Å². The number of carbonyl (C=O) groups is 1. The van der Waals surface area contributed by atoms with Crippen molar-refractivity contribution in [3.05, 3.63) is 63.6 Å². The molecule has 0 radical (unpaired) electrons. The highest BCUT2D eigenvalue weighted by atomic mass is 16.5. The van der Waals surface area contributed by atoms with Crippen LogP contribution in [-0.4, -0.2) is 15.7 Å². The van der Waals surface area contributed by atoms with Gasteiger partial charge in [-0.2, -0.15) is 10.4 Å². The molecule has 6 nitrogen and oxygen atoms in total. The summed E-state index contributed by atoms with van der Waals surface area (Å²) < 4.78 is 6.14. The zero-order chi connectivity index (χ0) is 14.5. The Kier molecular flexibility index (Phi) is 3.91. The van der Waals surface area contributed by atoms with Crippen LogP contribution in [0.3, 0.4) is 0 Å². The molecule has 0 saturated carbocycles. The van der Waals surface area contributed by atoms with E-state index in [0.29, 0.717) is 11.1 Å². The molecule has 0 bridgehead atoms. The number of hydrogen-bond donors (Lipinski definition) is 0. The largest absolute Gasteiger partial charge is 0.456 e. The van der Waals surface area contributed by atoms with Crippen molar-refractivity contribution in [2.75, 3.05) is 0 Å². The van der Waals surface area contributed by atoms with Gasteiger partial charge in [-0.25, -0.2) is 9.48 Å². The fourth-order valence-electron chi connectivity index (χ4n) is 1.56. The Balaban J connectivity index is 2.06. The smallest absolute Gasteiger partial charge is 0.359 e. The normalized spacial score (nSPS) is 9.80. The first-order valence-corrected chi connectivity index (χ1v) is 5.80. The van der Waals surface area contributed by atoms with Crippen molar-refractivity contribution >= 4 is 5.97 Å². The van der Waals surface area contributed by atoms with Crippen LogP contribution in [0.5, 0.6) is 0 Å². The highest BCUT2D eigenvalue weighted by Crippen LogP contribution is 2.07. The lowest BCUT2D eigenvalue weighted by molar-refractivity contribution is 0.0462. The summed E-state index contributed by atoms with van der Waals surface area (Å²) in [7, 11) is 1.45. The number of aromatic nitrogens is 2. The maximum Gasteiger partial charge on any atom is 0.359 e. The minimum atomic E-state index is -0.622. The van der Waals surface area contributed by atoms with Crippen LogP contribution in [0.4, 0.5) is 0 Å². The molecule has 1 aromatic carbocycles. The number of esters is 1. The first kappa shape index (κ1) is 13.5. The third kappa shape index (κ3) is 3.09. The molecular weight excluding hydrogens is 258 g/mol. The molecule has 0 N–H and O–H groups in total. The molecule has 0 atom stereocenters. The maximum absolute atomic E-state index is 11.8. The van der Waals surface area contributed by atoms with Crippen LogP contribution >= 0.6 is 0 Å². The Labute approximate surface area is 114 Å². The quantitative estimate of drug-likeness (QED) is 0.776. The molecule has 1 heterocycles. The number of hydrogen-bond acceptors (Lipinski definition) is 5. The van der Waals surface area contributed by atoms with Crippen molar-refractivity contribution in [1.82, 2.24) is 9.78 Å². The summed E-state index contributed by atoms with van der Waals surface area (Å²) in [5, 5.41) is 12.6. The van der Waals surface area contributed by atoms with Gasteiger partial charge in [0.1, 0.15) is 6.61 Å². The summed E-state index contributed by atoms with van der Waals surface area (Å²) >= 11 is 0. The predicted molar refractivity (Wildman–Crippen MR) is 69.8 cm³/mol. The Morgan fingerprint density at radius 1 is 1.40 bits per heavy atom. The lowest BCUT2D eigenvalue weighted by Crippen LogP contribution is -2.21. The minimum absolute atomic E-state index is 0.0405. The van der Waals surface area contributed by atoms with Crippen molar-refractivity contribution in [1.29, 1.82) is 5.26 Å². The van der Waals surface area contributed by atoms with Gasteiger partial charge in [-0.3, -0.25) is 4.79 Å². The average Bonchev–Trinajstić information content (AvgIpc) is 2.47.